The number of urea groups is 1. The van der Waals surface area contributed by atoms with Crippen molar-refractivity contribution >= 4 is 25.9 Å². The van der Waals surface area contributed by atoms with Crippen LogP contribution in [0.3, 0.4) is 0 Å². The van der Waals surface area contributed by atoms with Crippen LogP contribution < -0.4 is 0 Å². The number of sulfonamides is 1. The second kappa shape index (κ2) is 10.9. The molecule has 2 aromatic rings. The number of halogens is 7. The Morgan fingerprint density at radius 3 is 1.77 bits per heavy atom. The normalized spacial score (nSPS) is 21.3. The van der Waals surface area contributed by atoms with Crippen LogP contribution in [0, 0.1) is 5.82 Å². The smallest absolute Gasteiger partial charge is 0.369 e. The molecule has 0 aliphatic carbocycles. The van der Waals surface area contributed by atoms with E-state index < -0.39 is 71.4 Å². The molecule has 1 N–H and O–H groups in total. The first-order valence-electron chi connectivity index (χ1n) is 12.6. The molecular formula is C25H26F7N3O6S2. The highest BCUT2D eigenvalue weighted by molar-refractivity contribution is 7.92. The van der Waals surface area contributed by atoms with Gasteiger partial charge in [-0.25, -0.2) is 26.0 Å². The highest BCUT2D eigenvalue weighted by Crippen LogP contribution is 2.51. The van der Waals surface area contributed by atoms with E-state index in [1.165, 1.54) is 4.90 Å². The molecule has 0 spiro atoms. The lowest BCUT2D eigenvalue weighted by molar-refractivity contribution is -0.376. The minimum absolute atomic E-state index is 0.0116. The molecule has 2 heterocycles. The average molecular weight is 662 g/mol. The van der Waals surface area contributed by atoms with Gasteiger partial charge in [0.25, 0.3) is 5.60 Å². The van der Waals surface area contributed by atoms with Gasteiger partial charge in [0.2, 0.25) is 10.0 Å². The zero-order valence-electron chi connectivity index (χ0n) is 22.4. The molecule has 0 radical (unpaired) electrons. The van der Waals surface area contributed by atoms with E-state index in [1.54, 1.807) is 0 Å². The Bertz CT molecular complexity index is 1560. The predicted octanol–water partition coefficient (Wildman–Crippen LogP) is 3.21. The molecule has 2 aliphatic rings. The van der Waals surface area contributed by atoms with E-state index >= 15 is 0 Å². The Labute approximate surface area is 242 Å². The molecule has 18 heteroatoms. The number of hydrogen-bond acceptors (Lipinski definition) is 6. The third-order valence-corrected chi connectivity index (χ3v) is 11.6. The van der Waals surface area contributed by atoms with Crippen molar-refractivity contribution in [3.63, 3.8) is 0 Å². The van der Waals surface area contributed by atoms with Crippen molar-refractivity contribution in [2.75, 3.05) is 45.5 Å². The van der Waals surface area contributed by atoms with Crippen LogP contribution in [0.4, 0.5) is 35.5 Å². The van der Waals surface area contributed by atoms with Crippen molar-refractivity contribution < 1.29 is 57.5 Å². The van der Waals surface area contributed by atoms with Gasteiger partial charge in [0.1, 0.15) is 10.6 Å². The van der Waals surface area contributed by atoms with E-state index in [-0.39, 0.29) is 44.7 Å². The monoisotopic (exact) mass is 661 g/mol. The Kier molecular flexibility index (Phi) is 8.34. The van der Waals surface area contributed by atoms with E-state index in [0.717, 1.165) is 51.9 Å². The summed E-state index contributed by atoms with van der Waals surface area (Å²) >= 11 is 0. The van der Waals surface area contributed by atoms with Crippen LogP contribution in [-0.2, 0) is 30.2 Å². The number of benzene rings is 2. The van der Waals surface area contributed by atoms with Gasteiger partial charge in [-0.15, -0.1) is 0 Å². The number of aliphatic hydroxyl groups is 1. The summed E-state index contributed by atoms with van der Waals surface area (Å²) in [7, 11) is -8.09. The average Bonchev–Trinajstić information content (AvgIpc) is 3.38. The lowest BCUT2D eigenvalue weighted by atomic mass is 9.89. The van der Waals surface area contributed by atoms with Crippen molar-refractivity contribution in [1.29, 1.82) is 0 Å². The molecular weight excluding hydrogens is 635 g/mol. The van der Waals surface area contributed by atoms with E-state index in [2.05, 4.69) is 0 Å². The molecule has 0 bridgehead atoms. The Hall–Kier alpha value is -2.96. The first-order valence-corrected chi connectivity index (χ1v) is 15.9. The standard InChI is InChI=1S/C25H26F7N3O6S2/c1-42(38,39)35-14-12-33(13-15-35)21(36)34-11-10-22(16-34,43(40,41)20-8-6-19(26)7-9-20)17-2-4-18(5-3-17)23(37,24(27,28)29)25(30,31)32/h2-9,37H,10-16H2,1H3. The molecule has 2 saturated heterocycles. The van der Waals surface area contributed by atoms with Gasteiger partial charge in [-0.05, 0) is 36.2 Å². The molecule has 2 aliphatic heterocycles. The SMILES string of the molecule is CS(=O)(=O)N1CCN(C(=O)N2CCC(c3ccc(C(O)(C(F)(F)F)C(F)(F)F)cc3)(S(=O)(=O)c3ccc(F)cc3)C2)CC1. The molecule has 0 saturated carbocycles. The third kappa shape index (κ3) is 5.69. The van der Waals surface area contributed by atoms with Gasteiger partial charge in [-0.1, -0.05) is 24.3 Å². The molecule has 43 heavy (non-hydrogen) atoms. The molecule has 2 aromatic carbocycles. The number of piperazine rings is 1. The number of nitrogens with zero attached hydrogens (tertiary/aromatic N) is 3. The molecule has 9 nitrogen and oxygen atoms in total. The molecule has 2 fully saturated rings. The molecule has 1 unspecified atom stereocenters. The van der Waals surface area contributed by atoms with Crippen LogP contribution in [0.1, 0.15) is 17.5 Å². The zero-order valence-corrected chi connectivity index (χ0v) is 24.0. The largest absolute Gasteiger partial charge is 0.430 e. The quantitative estimate of drug-likeness (QED) is 0.389. The van der Waals surface area contributed by atoms with Gasteiger partial charge in [0, 0.05) is 44.8 Å². The van der Waals surface area contributed by atoms with Crippen molar-refractivity contribution in [3.8, 4) is 0 Å². The molecule has 238 valence electrons. The topological polar surface area (TPSA) is 115 Å². The fourth-order valence-corrected chi connectivity index (χ4v) is 8.21. The highest BCUT2D eigenvalue weighted by atomic mass is 32.2. The number of rotatable bonds is 5. The number of carbonyl (C=O) groups is 1. The van der Waals surface area contributed by atoms with Gasteiger partial charge in [-0.3, -0.25) is 0 Å². The summed E-state index contributed by atoms with van der Waals surface area (Å²) in [6, 6.07) is 5.05. The summed E-state index contributed by atoms with van der Waals surface area (Å²) in [6.45, 7) is -0.812. The summed E-state index contributed by atoms with van der Waals surface area (Å²) in [4.78, 5) is 15.4. The van der Waals surface area contributed by atoms with Crippen LogP contribution in [0.2, 0.25) is 0 Å². The van der Waals surface area contributed by atoms with Crippen molar-refractivity contribution in [1.82, 2.24) is 14.1 Å². The Balaban J connectivity index is 1.74. The first kappa shape index (κ1) is 32.9. The fraction of sp³-hybridized carbons (Fsp3) is 0.480. The summed E-state index contributed by atoms with van der Waals surface area (Å²) < 4.78 is 145. The van der Waals surface area contributed by atoms with E-state index in [1.807, 2.05) is 0 Å². The summed E-state index contributed by atoms with van der Waals surface area (Å²) in [5.74, 6) is -0.771. The van der Waals surface area contributed by atoms with Crippen LogP contribution in [-0.4, -0.2) is 100.0 Å². The summed E-state index contributed by atoms with van der Waals surface area (Å²) in [5, 5.41) is 9.76. The molecule has 1 atom stereocenters. The van der Waals surface area contributed by atoms with Gasteiger partial charge >= 0.3 is 18.4 Å². The van der Waals surface area contributed by atoms with E-state index in [0.29, 0.717) is 12.1 Å². The fourth-order valence-electron chi connectivity index (χ4n) is 5.31. The number of likely N-dealkylation sites (tertiary alicyclic amines) is 1. The Morgan fingerprint density at radius 1 is 0.791 bits per heavy atom. The maximum absolute atomic E-state index is 14.0. The van der Waals surface area contributed by atoms with Crippen LogP contribution >= 0.6 is 0 Å². The highest BCUT2D eigenvalue weighted by Gasteiger charge is 2.71. The first-order chi connectivity index (χ1) is 19.6. The van der Waals surface area contributed by atoms with Gasteiger partial charge in [0.15, 0.2) is 9.84 Å². The summed E-state index contributed by atoms with van der Waals surface area (Å²) in [6.07, 6.45) is -11.6. The predicted molar refractivity (Wildman–Crippen MR) is 137 cm³/mol. The minimum atomic E-state index is -6.16. The molecule has 4 rings (SSSR count). The second-order valence-corrected chi connectivity index (χ2v) is 14.6. The minimum Gasteiger partial charge on any atom is -0.369 e. The van der Waals surface area contributed by atoms with Gasteiger partial charge in [-0.2, -0.15) is 30.6 Å². The number of amides is 2. The van der Waals surface area contributed by atoms with Crippen LogP contribution in [0.5, 0.6) is 0 Å². The molecule has 0 aromatic heterocycles. The lowest BCUT2D eigenvalue weighted by Gasteiger charge is -2.36. The van der Waals surface area contributed by atoms with Gasteiger partial charge in [0.05, 0.1) is 11.2 Å². The molecule has 2 amide bonds. The Morgan fingerprint density at radius 2 is 1.30 bits per heavy atom. The third-order valence-electron chi connectivity index (χ3n) is 7.77. The lowest BCUT2D eigenvalue weighted by Crippen LogP contribution is -2.54. The van der Waals surface area contributed by atoms with Crippen molar-refractivity contribution in [2.45, 2.75) is 34.0 Å². The zero-order chi connectivity index (χ0) is 32.2. The van der Waals surface area contributed by atoms with E-state index in [9.17, 15) is 57.5 Å². The second-order valence-electron chi connectivity index (χ2n) is 10.3. The maximum Gasteiger partial charge on any atom is 0.430 e. The number of carbonyl (C=O) groups excluding carboxylic acids is 1. The number of hydrogen-bond donors (Lipinski definition) is 1. The van der Waals surface area contributed by atoms with Gasteiger partial charge < -0.3 is 14.9 Å². The maximum atomic E-state index is 14.0. The van der Waals surface area contributed by atoms with E-state index in [4.69, 9.17) is 0 Å². The number of alkyl halides is 6. The van der Waals surface area contributed by atoms with Crippen LogP contribution in [0.25, 0.3) is 0 Å². The van der Waals surface area contributed by atoms with Crippen molar-refractivity contribution in [2.24, 2.45) is 0 Å². The van der Waals surface area contributed by atoms with Crippen LogP contribution in [0.15, 0.2) is 53.4 Å². The summed E-state index contributed by atoms with van der Waals surface area (Å²) in [5.41, 5.74) is -7.10. The van der Waals surface area contributed by atoms with Crippen molar-refractivity contribution in [3.05, 3.63) is 65.5 Å². The number of sulfone groups is 1.